The second-order valence-corrected chi connectivity index (χ2v) is 7.06. The summed E-state index contributed by atoms with van der Waals surface area (Å²) < 4.78 is 6.82. The van der Waals surface area contributed by atoms with Crippen molar-refractivity contribution in [2.75, 3.05) is 20.2 Å². The molecule has 1 aromatic heterocycles. The molecule has 102 valence electrons. The third-order valence-electron chi connectivity index (χ3n) is 3.84. The Bertz CT molecular complexity index is 398. The number of likely N-dealkylation sites (N-methyl/N-ethyl adjacent to an activating group) is 1. The summed E-state index contributed by atoms with van der Waals surface area (Å²) in [5.74, 6) is 0. The third kappa shape index (κ3) is 3.14. The largest absolute Gasteiger partial charge is 0.378 e. The number of nitrogens with two attached hydrogens (primary N) is 1. The first-order valence-corrected chi connectivity index (χ1v) is 7.99. The maximum atomic E-state index is 6.06. The molecule has 0 saturated carbocycles. The Hall–Kier alpha value is 0.0600. The van der Waals surface area contributed by atoms with Gasteiger partial charge in [-0.3, -0.25) is 4.90 Å². The zero-order valence-corrected chi connectivity index (χ0v) is 13.4. The Balaban J connectivity index is 2.07. The van der Waals surface area contributed by atoms with Gasteiger partial charge in [0.1, 0.15) is 0 Å². The van der Waals surface area contributed by atoms with Crippen LogP contribution in [0.2, 0.25) is 0 Å². The molecule has 0 bridgehead atoms. The first kappa shape index (κ1) is 14.5. The highest BCUT2D eigenvalue weighted by Crippen LogP contribution is 2.31. The lowest BCUT2D eigenvalue weighted by Gasteiger charge is -2.45. The van der Waals surface area contributed by atoms with Crippen LogP contribution in [0.15, 0.2) is 15.9 Å². The van der Waals surface area contributed by atoms with Crippen LogP contribution < -0.4 is 5.73 Å². The lowest BCUT2D eigenvalue weighted by atomic mass is 9.85. The lowest BCUT2D eigenvalue weighted by Crippen LogP contribution is -2.56. The van der Waals surface area contributed by atoms with Crippen molar-refractivity contribution >= 4 is 27.3 Å². The van der Waals surface area contributed by atoms with Gasteiger partial charge in [0, 0.05) is 40.0 Å². The van der Waals surface area contributed by atoms with Gasteiger partial charge in [0.05, 0.1) is 6.10 Å². The van der Waals surface area contributed by atoms with E-state index in [1.165, 1.54) is 4.88 Å². The van der Waals surface area contributed by atoms with E-state index in [4.69, 9.17) is 10.5 Å². The van der Waals surface area contributed by atoms with Crippen LogP contribution in [0.5, 0.6) is 0 Å². The summed E-state index contributed by atoms with van der Waals surface area (Å²) in [6.45, 7) is 4.61. The van der Waals surface area contributed by atoms with E-state index in [9.17, 15) is 0 Å². The Kier molecular flexibility index (Phi) is 4.83. The monoisotopic (exact) mass is 332 g/mol. The molecule has 0 amide bonds. The number of rotatable bonds is 4. The molecular formula is C13H21BrN2OS. The Morgan fingerprint density at radius 3 is 3.00 bits per heavy atom. The van der Waals surface area contributed by atoms with E-state index in [1.54, 1.807) is 11.3 Å². The van der Waals surface area contributed by atoms with Gasteiger partial charge in [0.2, 0.25) is 0 Å². The summed E-state index contributed by atoms with van der Waals surface area (Å²) in [5.41, 5.74) is 6.15. The minimum absolute atomic E-state index is 0.0914. The Morgan fingerprint density at radius 2 is 2.44 bits per heavy atom. The van der Waals surface area contributed by atoms with Gasteiger partial charge in [-0.05, 0) is 48.8 Å². The van der Waals surface area contributed by atoms with Crippen molar-refractivity contribution in [1.82, 2.24) is 4.90 Å². The zero-order valence-electron chi connectivity index (χ0n) is 11.0. The smallest absolute Gasteiger partial charge is 0.0565 e. The highest BCUT2D eigenvalue weighted by molar-refractivity contribution is 9.10. The van der Waals surface area contributed by atoms with Gasteiger partial charge in [0.15, 0.2) is 0 Å². The molecule has 0 spiro atoms. The number of hydrogen-bond donors (Lipinski definition) is 1. The maximum absolute atomic E-state index is 6.06. The van der Waals surface area contributed by atoms with Crippen molar-refractivity contribution in [3.05, 3.63) is 20.8 Å². The van der Waals surface area contributed by atoms with Crippen LogP contribution >= 0.6 is 27.3 Å². The van der Waals surface area contributed by atoms with Crippen LogP contribution in [0.3, 0.4) is 0 Å². The Morgan fingerprint density at radius 1 is 1.67 bits per heavy atom. The fourth-order valence-electron chi connectivity index (χ4n) is 2.67. The highest BCUT2D eigenvalue weighted by Gasteiger charge is 2.37. The first-order valence-electron chi connectivity index (χ1n) is 6.31. The molecule has 18 heavy (non-hydrogen) atoms. The summed E-state index contributed by atoms with van der Waals surface area (Å²) in [6, 6.07) is 2.19. The molecule has 5 heteroatoms. The average molecular weight is 333 g/mol. The molecule has 2 N–H and O–H groups in total. The predicted octanol–water partition coefficient (Wildman–Crippen LogP) is 2.84. The molecular weight excluding hydrogens is 312 g/mol. The molecule has 1 aliphatic rings. The van der Waals surface area contributed by atoms with E-state index >= 15 is 0 Å². The summed E-state index contributed by atoms with van der Waals surface area (Å²) >= 11 is 5.30. The van der Waals surface area contributed by atoms with Gasteiger partial charge >= 0.3 is 0 Å². The quantitative estimate of drug-likeness (QED) is 0.921. The van der Waals surface area contributed by atoms with E-state index in [0.29, 0.717) is 12.6 Å². The van der Waals surface area contributed by atoms with Gasteiger partial charge < -0.3 is 10.5 Å². The minimum atomic E-state index is 0.0914. The molecule has 1 saturated heterocycles. The summed E-state index contributed by atoms with van der Waals surface area (Å²) in [6.07, 6.45) is 2.35. The van der Waals surface area contributed by atoms with Gasteiger partial charge in [-0.15, -0.1) is 11.3 Å². The van der Waals surface area contributed by atoms with Crippen LogP contribution in [0.4, 0.5) is 0 Å². The van der Waals surface area contributed by atoms with Crippen LogP contribution in [-0.2, 0) is 11.3 Å². The van der Waals surface area contributed by atoms with Crippen molar-refractivity contribution in [2.24, 2.45) is 5.73 Å². The first-order chi connectivity index (χ1) is 8.55. The second kappa shape index (κ2) is 6.01. The van der Waals surface area contributed by atoms with Crippen molar-refractivity contribution in [2.45, 2.75) is 38.0 Å². The number of ether oxygens (including phenoxy) is 1. The van der Waals surface area contributed by atoms with E-state index in [2.05, 4.69) is 46.2 Å². The van der Waals surface area contributed by atoms with Crippen molar-refractivity contribution in [1.29, 1.82) is 0 Å². The molecule has 2 unspecified atom stereocenters. The van der Waals surface area contributed by atoms with Crippen molar-refractivity contribution < 1.29 is 4.74 Å². The van der Waals surface area contributed by atoms with Crippen molar-refractivity contribution in [3.8, 4) is 0 Å². The van der Waals surface area contributed by atoms with E-state index in [1.807, 2.05) is 0 Å². The fraction of sp³-hybridized carbons (Fsp3) is 0.692. The summed E-state index contributed by atoms with van der Waals surface area (Å²) in [5, 5.41) is 2.13. The molecule has 2 heterocycles. The normalized spacial score (nSPS) is 28.8. The number of hydrogen-bond acceptors (Lipinski definition) is 4. The van der Waals surface area contributed by atoms with Gasteiger partial charge in [-0.25, -0.2) is 0 Å². The van der Waals surface area contributed by atoms with E-state index in [0.717, 1.165) is 30.5 Å². The number of thiophene rings is 1. The summed E-state index contributed by atoms with van der Waals surface area (Å²) in [7, 11) is 2.18. The lowest BCUT2D eigenvalue weighted by molar-refractivity contribution is -0.0581. The molecule has 0 aliphatic carbocycles. The maximum Gasteiger partial charge on any atom is 0.0565 e. The van der Waals surface area contributed by atoms with Crippen LogP contribution in [0, 0.1) is 0 Å². The molecule has 3 nitrogen and oxygen atoms in total. The van der Waals surface area contributed by atoms with Crippen LogP contribution in [0.1, 0.15) is 24.6 Å². The van der Waals surface area contributed by atoms with Gasteiger partial charge in [-0.1, -0.05) is 0 Å². The zero-order chi connectivity index (χ0) is 13.2. The van der Waals surface area contributed by atoms with E-state index in [-0.39, 0.29) is 5.54 Å². The van der Waals surface area contributed by atoms with Crippen molar-refractivity contribution in [3.63, 3.8) is 0 Å². The third-order valence-corrected chi connectivity index (χ3v) is 5.52. The Labute approximate surface area is 121 Å². The van der Waals surface area contributed by atoms with Gasteiger partial charge in [0.25, 0.3) is 0 Å². The SMILES string of the molecule is CC1CC(CN)(N(C)Cc2cc(Br)cs2)CCO1. The molecule has 2 atom stereocenters. The molecule has 1 fully saturated rings. The molecule has 0 radical (unpaired) electrons. The number of nitrogens with zero attached hydrogens (tertiary/aromatic N) is 1. The number of halogens is 1. The summed E-state index contributed by atoms with van der Waals surface area (Å²) in [4.78, 5) is 3.78. The van der Waals surface area contributed by atoms with Crippen LogP contribution in [-0.4, -0.2) is 36.7 Å². The average Bonchev–Trinajstić information content (AvgIpc) is 2.74. The second-order valence-electron chi connectivity index (χ2n) is 5.15. The predicted molar refractivity (Wildman–Crippen MR) is 79.9 cm³/mol. The molecule has 2 rings (SSSR count). The molecule has 1 aliphatic heterocycles. The fourth-order valence-corrected chi connectivity index (χ4v) is 4.18. The standard InChI is InChI=1S/C13H21BrN2OS/c1-10-6-13(9-15,3-4-17-10)16(2)7-12-5-11(14)8-18-12/h5,8,10H,3-4,6-7,9,15H2,1-2H3. The molecule has 1 aromatic rings. The van der Waals surface area contributed by atoms with Crippen LogP contribution in [0.25, 0.3) is 0 Å². The molecule has 0 aromatic carbocycles. The minimum Gasteiger partial charge on any atom is -0.378 e. The highest BCUT2D eigenvalue weighted by atomic mass is 79.9. The van der Waals surface area contributed by atoms with Gasteiger partial charge in [-0.2, -0.15) is 0 Å². The van der Waals surface area contributed by atoms with E-state index < -0.39 is 0 Å². The topological polar surface area (TPSA) is 38.5 Å².